The molecule has 5 N–H and O–H groups in total. The summed E-state index contributed by atoms with van der Waals surface area (Å²) < 4.78 is 44.9. The van der Waals surface area contributed by atoms with Gasteiger partial charge in [0.15, 0.2) is 12.6 Å². The Morgan fingerprint density at radius 3 is 2.29 bits per heavy atom. The van der Waals surface area contributed by atoms with Crippen LogP contribution in [0.3, 0.4) is 0 Å². The zero-order valence-corrected chi connectivity index (χ0v) is 31.6. The number of ether oxygens (including phenoxy) is 7. The van der Waals surface area contributed by atoms with E-state index in [0.717, 1.165) is 0 Å². The number of likely N-dealkylation sites (N-methyl/N-ethyl adjacent to an activating group) is 1. The average Bonchev–Trinajstić information content (AvgIpc) is 3.37. The lowest BCUT2D eigenvalue weighted by Gasteiger charge is -2.48. The minimum absolute atomic E-state index is 0.0575. The molecule has 0 spiro atoms. The van der Waals surface area contributed by atoms with Crippen LogP contribution < -0.4 is 5.32 Å². The molecule has 0 radical (unpaired) electrons. The van der Waals surface area contributed by atoms with Crippen LogP contribution in [-0.4, -0.2) is 131 Å². The molecular weight excluding hydrogens is 638 g/mol. The number of rotatable bonds is 9. The first kappa shape index (κ1) is 40.8. The van der Waals surface area contributed by atoms with Crippen LogP contribution in [0.1, 0.15) is 94.9 Å². The number of aliphatic hydroxyl groups is 4. The molecule has 19 atom stereocenters. The van der Waals surface area contributed by atoms with E-state index in [9.17, 15) is 25.2 Å². The number of carbonyl (C=O) groups is 1. The number of hydrogen-bond donors (Lipinski definition) is 5. The topological polar surface area (TPSA) is 175 Å². The summed E-state index contributed by atoms with van der Waals surface area (Å²) in [4.78, 5) is 14.2. The maximum absolute atomic E-state index is 14.2. The Bertz CT molecular complexity index is 1110. The molecule has 0 aromatic carbocycles. The molecule has 0 saturated carbocycles. The molecule has 49 heavy (non-hydrogen) atoms. The van der Waals surface area contributed by atoms with E-state index in [0.29, 0.717) is 12.8 Å². The molecule has 286 valence electrons. The molecule has 0 amide bonds. The van der Waals surface area contributed by atoms with Crippen molar-refractivity contribution in [2.75, 3.05) is 14.2 Å². The highest BCUT2D eigenvalue weighted by molar-refractivity contribution is 5.73. The van der Waals surface area contributed by atoms with Gasteiger partial charge in [0.05, 0.1) is 53.7 Å². The van der Waals surface area contributed by atoms with Crippen molar-refractivity contribution in [1.29, 1.82) is 0 Å². The quantitative estimate of drug-likeness (QED) is 0.222. The lowest BCUT2D eigenvalue weighted by Crippen LogP contribution is -2.60. The van der Waals surface area contributed by atoms with Crippen LogP contribution in [0.2, 0.25) is 0 Å². The number of aliphatic hydroxyl groups excluding tert-OH is 3. The van der Waals surface area contributed by atoms with Crippen LogP contribution in [0.15, 0.2) is 0 Å². The number of nitrogens with one attached hydrogen (secondary N) is 1. The van der Waals surface area contributed by atoms with Crippen LogP contribution >= 0.6 is 0 Å². The first-order chi connectivity index (χ1) is 22.7. The predicted octanol–water partition coefficient (Wildman–Crippen LogP) is 2.28. The highest BCUT2D eigenvalue weighted by Gasteiger charge is 2.58. The Morgan fingerprint density at radius 2 is 1.69 bits per heavy atom. The van der Waals surface area contributed by atoms with Crippen molar-refractivity contribution in [2.24, 2.45) is 23.7 Å². The van der Waals surface area contributed by atoms with E-state index in [4.69, 9.17) is 33.2 Å². The molecule has 4 fully saturated rings. The van der Waals surface area contributed by atoms with Gasteiger partial charge >= 0.3 is 5.97 Å². The summed E-state index contributed by atoms with van der Waals surface area (Å²) in [5.74, 6) is -2.67. The van der Waals surface area contributed by atoms with Gasteiger partial charge in [-0.3, -0.25) is 4.79 Å². The molecule has 13 nitrogen and oxygen atoms in total. The number of esters is 1. The van der Waals surface area contributed by atoms with Gasteiger partial charge in [0.25, 0.3) is 0 Å². The average molecular weight is 704 g/mol. The lowest BCUT2D eigenvalue weighted by molar-refractivity contribution is -0.316. The molecule has 4 rings (SSSR count). The smallest absolute Gasteiger partial charge is 0.311 e. The van der Waals surface area contributed by atoms with Crippen LogP contribution in [0, 0.1) is 23.7 Å². The van der Waals surface area contributed by atoms with Gasteiger partial charge < -0.3 is 58.9 Å². The van der Waals surface area contributed by atoms with Gasteiger partial charge in [-0.05, 0) is 73.8 Å². The SMILES string of the molecule is CC[C@@H](O)[C@@](C)(O)[C@@H]1OC(=O)[C@H](C)[C@H](O[C@H]2CC(C)(OC)[C@@H](O)C(C)O2)[C@H](C)[C@@H](O[C@@H]2OC(C)CC(NC)C2O)[C@]2(C)CC(C)C(O2)[C@@H]1C. The highest BCUT2D eigenvalue weighted by Crippen LogP contribution is 2.48. The highest BCUT2D eigenvalue weighted by atomic mass is 16.7. The molecule has 13 heteroatoms. The first-order valence-corrected chi connectivity index (χ1v) is 18.2. The Hall–Kier alpha value is -0.970. The largest absolute Gasteiger partial charge is 0.459 e. The van der Waals surface area contributed by atoms with Gasteiger partial charge in [-0.25, -0.2) is 0 Å². The summed E-state index contributed by atoms with van der Waals surface area (Å²) in [5, 5.41) is 48.1. The fraction of sp³-hybridized carbons (Fsp3) is 0.972. The molecule has 4 heterocycles. The summed E-state index contributed by atoms with van der Waals surface area (Å²) in [6.45, 7) is 18.3. The fourth-order valence-corrected chi connectivity index (χ4v) is 9.00. The second kappa shape index (κ2) is 15.6. The second-order valence-electron chi connectivity index (χ2n) is 16.1. The summed E-state index contributed by atoms with van der Waals surface area (Å²) >= 11 is 0. The molecule has 0 aromatic heterocycles. The summed E-state index contributed by atoms with van der Waals surface area (Å²) in [7, 11) is 3.32. The van der Waals surface area contributed by atoms with E-state index < -0.39 is 102 Å². The molecule has 0 aliphatic carbocycles. The Balaban J connectivity index is 1.82. The maximum atomic E-state index is 14.2. The van der Waals surface area contributed by atoms with Crippen molar-refractivity contribution in [1.82, 2.24) is 5.32 Å². The summed E-state index contributed by atoms with van der Waals surface area (Å²) in [6.07, 6.45) is -7.41. The monoisotopic (exact) mass is 703 g/mol. The van der Waals surface area contributed by atoms with E-state index in [-0.39, 0.29) is 30.9 Å². The standard InChI is InChI=1S/C36H65NO12/c1-13-24(38)36(10,42)31-19(4)27-17(2)15-35(9,49-27)30(48-33-26(39)23(37-11)14-18(3)44-33)20(5)28(21(6)32(41)47-31)46-25-16-34(8,43-12)29(40)22(7)45-25/h17-31,33,37-40,42H,13-16H2,1-12H3/t17?,18?,19-,20-,21+,22?,23?,24+,25-,26?,27?,28+,29-,30+,31+,33-,34?,35-,36+/m0/s1. The molecule has 4 aliphatic heterocycles. The van der Waals surface area contributed by atoms with Gasteiger partial charge in [0.1, 0.15) is 23.9 Å². The molecular formula is C36H65NO12. The van der Waals surface area contributed by atoms with Crippen molar-refractivity contribution < 1.29 is 58.4 Å². The number of fused-ring (bicyclic) bond motifs is 2. The number of methoxy groups -OCH3 is 1. The Labute approximate surface area is 292 Å². The number of cyclic esters (lactones) is 1. The number of carbonyl (C=O) groups excluding carboxylic acids is 1. The van der Waals surface area contributed by atoms with Gasteiger partial charge in [-0.15, -0.1) is 0 Å². The maximum Gasteiger partial charge on any atom is 0.311 e. The summed E-state index contributed by atoms with van der Waals surface area (Å²) in [6, 6.07) is -0.264. The van der Waals surface area contributed by atoms with E-state index >= 15 is 0 Å². The van der Waals surface area contributed by atoms with Crippen molar-refractivity contribution >= 4 is 5.97 Å². The van der Waals surface area contributed by atoms with E-state index in [1.807, 2.05) is 27.7 Å². The van der Waals surface area contributed by atoms with Crippen molar-refractivity contribution in [3.05, 3.63) is 0 Å². The van der Waals surface area contributed by atoms with Crippen molar-refractivity contribution in [3.8, 4) is 0 Å². The van der Waals surface area contributed by atoms with Crippen LogP contribution in [-0.2, 0) is 38.0 Å². The molecule has 4 saturated heterocycles. The zero-order valence-electron chi connectivity index (χ0n) is 31.6. The van der Waals surface area contributed by atoms with Crippen LogP contribution in [0.4, 0.5) is 0 Å². The molecule has 4 aliphatic rings. The predicted molar refractivity (Wildman–Crippen MR) is 179 cm³/mol. The number of hydrogen-bond acceptors (Lipinski definition) is 13. The van der Waals surface area contributed by atoms with E-state index in [1.54, 1.807) is 34.7 Å². The normalized spacial score (nSPS) is 50.2. The molecule has 2 bridgehead atoms. The van der Waals surface area contributed by atoms with Gasteiger partial charge in [-0.2, -0.15) is 0 Å². The minimum atomic E-state index is -1.78. The van der Waals surface area contributed by atoms with Crippen molar-refractivity contribution in [3.63, 3.8) is 0 Å². The first-order valence-electron chi connectivity index (χ1n) is 18.2. The van der Waals surface area contributed by atoms with Crippen molar-refractivity contribution in [2.45, 2.75) is 185 Å². The van der Waals surface area contributed by atoms with E-state index in [1.165, 1.54) is 14.0 Å². The molecule has 7 unspecified atom stereocenters. The third kappa shape index (κ3) is 8.02. The van der Waals surface area contributed by atoms with E-state index in [2.05, 4.69) is 12.2 Å². The minimum Gasteiger partial charge on any atom is -0.459 e. The summed E-state index contributed by atoms with van der Waals surface area (Å²) in [5.41, 5.74) is -3.72. The van der Waals surface area contributed by atoms with Crippen LogP contribution in [0.5, 0.6) is 0 Å². The zero-order chi connectivity index (χ0) is 36.8. The van der Waals surface area contributed by atoms with Gasteiger partial charge in [-0.1, -0.05) is 27.7 Å². The Kier molecular flexibility index (Phi) is 13.0. The van der Waals surface area contributed by atoms with Crippen LogP contribution in [0.25, 0.3) is 0 Å². The third-order valence-electron chi connectivity index (χ3n) is 12.1. The third-order valence-corrected chi connectivity index (χ3v) is 12.1. The van der Waals surface area contributed by atoms with Gasteiger partial charge in [0, 0.05) is 31.4 Å². The van der Waals surface area contributed by atoms with Gasteiger partial charge in [0.2, 0.25) is 0 Å². The molecule has 0 aromatic rings. The Morgan fingerprint density at radius 1 is 1.04 bits per heavy atom. The second-order valence-corrected chi connectivity index (χ2v) is 16.1. The lowest BCUT2D eigenvalue weighted by atomic mass is 9.76. The fourth-order valence-electron chi connectivity index (χ4n) is 9.00.